The van der Waals surface area contributed by atoms with Crippen molar-refractivity contribution in [3.05, 3.63) is 47.8 Å². The third kappa shape index (κ3) is 4.90. The molecule has 1 atom stereocenters. The van der Waals surface area contributed by atoms with Crippen molar-refractivity contribution >= 4 is 5.95 Å². The predicted octanol–water partition coefficient (Wildman–Crippen LogP) is 2.23. The summed E-state index contributed by atoms with van der Waals surface area (Å²) in [5, 5.41) is 13.8. The van der Waals surface area contributed by atoms with Crippen LogP contribution >= 0.6 is 0 Å². The van der Waals surface area contributed by atoms with Gasteiger partial charge in [-0.1, -0.05) is 12.1 Å². The highest BCUT2D eigenvalue weighted by atomic mass is 16.5. The maximum Gasteiger partial charge on any atom is 0.222 e. The Morgan fingerprint density at radius 2 is 2.12 bits per heavy atom. The fourth-order valence-corrected chi connectivity index (χ4v) is 3.21. The summed E-state index contributed by atoms with van der Waals surface area (Å²) in [5.74, 6) is 1.42. The SMILES string of the molecule is CNc1ncc(CN2CCCC(O)(COc3cccc(C)c3)C2)cn1. The standard InChI is InChI=1S/C19H26N4O2/c1-15-5-3-6-17(9-15)25-14-19(24)7-4-8-23(13-19)12-16-10-21-18(20-2)22-11-16/h3,5-6,9-11,24H,4,7-8,12-14H2,1-2H3,(H,20,21,22). The zero-order chi connectivity index (χ0) is 17.7. The largest absolute Gasteiger partial charge is 0.491 e. The Balaban J connectivity index is 1.57. The molecule has 1 unspecified atom stereocenters. The molecule has 0 bridgehead atoms. The van der Waals surface area contributed by atoms with E-state index in [1.165, 1.54) is 0 Å². The number of anilines is 1. The molecule has 1 aliphatic heterocycles. The summed E-state index contributed by atoms with van der Waals surface area (Å²) in [4.78, 5) is 10.7. The zero-order valence-electron chi connectivity index (χ0n) is 14.9. The van der Waals surface area contributed by atoms with Crippen molar-refractivity contribution in [3.8, 4) is 5.75 Å². The van der Waals surface area contributed by atoms with E-state index in [2.05, 4.69) is 20.2 Å². The van der Waals surface area contributed by atoms with Gasteiger partial charge in [0.05, 0.1) is 0 Å². The second-order valence-electron chi connectivity index (χ2n) is 6.81. The van der Waals surface area contributed by atoms with E-state index >= 15 is 0 Å². The van der Waals surface area contributed by atoms with Crippen molar-refractivity contribution in [3.63, 3.8) is 0 Å². The highest BCUT2D eigenvalue weighted by Crippen LogP contribution is 2.24. The molecule has 0 amide bonds. The predicted molar refractivity (Wildman–Crippen MR) is 97.7 cm³/mol. The first-order valence-electron chi connectivity index (χ1n) is 8.69. The number of aryl methyl sites for hydroxylation is 1. The molecular weight excluding hydrogens is 316 g/mol. The van der Waals surface area contributed by atoms with Crippen molar-refractivity contribution < 1.29 is 9.84 Å². The number of aliphatic hydroxyl groups is 1. The quantitative estimate of drug-likeness (QED) is 0.839. The highest BCUT2D eigenvalue weighted by Gasteiger charge is 2.34. The molecule has 2 N–H and O–H groups in total. The lowest BCUT2D eigenvalue weighted by Crippen LogP contribution is -2.51. The minimum absolute atomic E-state index is 0.308. The number of aromatic nitrogens is 2. The van der Waals surface area contributed by atoms with Crippen LogP contribution in [0, 0.1) is 6.92 Å². The number of hydrogen-bond donors (Lipinski definition) is 2. The summed E-state index contributed by atoms with van der Waals surface area (Å²) in [5.41, 5.74) is 1.37. The molecule has 1 aromatic heterocycles. The number of nitrogens with zero attached hydrogens (tertiary/aromatic N) is 3. The van der Waals surface area contributed by atoms with Crippen molar-refractivity contribution in [1.82, 2.24) is 14.9 Å². The second-order valence-corrected chi connectivity index (χ2v) is 6.81. The van der Waals surface area contributed by atoms with Gasteiger partial charge in [-0.25, -0.2) is 9.97 Å². The van der Waals surface area contributed by atoms with Gasteiger partial charge in [0.15, 0.2) is 0 Å². The lowest BCUT2D eigenvalue weighted by Gasteiger charge is -2.38. The van der Waals surface area contributed by atoms with E-state index in [0.717, 1.165) is 42.8 Å². The van der Waals surface area contributed by atoms with E-state index in [9.17, 15) is 5.11 Å². The topological polar surface area (TPSA) is 70.5 Å². The number of benzene rings is 1. The Morgan fingerprint density at radius 3 is 2.84 bits per heavy atom. The van der Waals surface area contributed by atoms with Gasteiger partial charge in [-0.3, -0.25) is 4.90 Å². The zero-order valence-corrected chi connectivity index (χ0v) is 14.9. The molecule has 0 saturated carbocycles. The minimum atomic E-state index is -0.826. The molecule has 6 nitrogen and oxygen atoms in total. The molecule has 3 rings (SSSR count). The normalized spacial score (nSPS) is 21.1. The van der Waals surface area contributed by atoms with E-state index in [1.54, 1.807) is 7.05 Å². The summed E-state index contributed by atoms with van der Waals surface area (Å²) >= 11 is 0. The summed E-state index contributed by atoms with van der Waals surface area (Å²) in [6.07, 6.45) is 5.36. The van der Waals surface area contributed by atoms with Crippen LogP contribution in [-0.4, -0.2) is 52.3 Å². The van der Waals surface area contributed by atoms with Crippen molar-refractivity contribution in [2.75, 3.05) is 32.1 Å². The maximum absolute atomic E-state index is 10.9. The molecule has 2 aromatic rings. The molecular formula is C19H26N4O2. The number of ether oxygens (including phenoxy) is 1. The van der Waals surface area contributed by atoms with Crippen LogP contribution in [0.3, 0.4) is 0 Å². The summed E-state index contributed by atoms with van der Waals surface area (Å²) < 4.78 is 5.85. The smallest absolute Gasteiger partial charge is 0.222 e. The molecule has 0 aliphatic carbocycles. The summed E-state index contributed by atoms with van der Waals surface area (Å²) in [7, 11) is 1.80. The molecule has 134 valence electrons. The van der Waals surface area contributed by atoms with E-state index < -0.39 is 5.60 Å². The first-order valence-corrected chi connectivity index (χ1v) is 8.69. The van der Waals surface area contributed by atoms with Gasteiger partial charge in [0.2, 0.25) is 5.95 Å². The van der Waals surface area contributed by atoms with Crippen LogP contribution in [0.2, 0.25) is 0 Å². The number of nitrogens with one attached hydrogen (secondary N) is 1. The van der Waals surface area contributed by atoms with E-state index in [4.69, 9.17) is 4.74 Å². The molecule has 0 spiro atoms. The molecule has 1 fully saturated rings. The van der Waals surface area contributed by atoms with Crippen LogP contribution in [0.25, 0.3) is 0 Å². The number of rotatable bonds is 6. The van der Waals surface area contributed by atoms with Gasteiger partial charge < -0.3 is 15.2 Å². The first kappa shape index (κ1) is 17.6. The second kappa shape index (κ2) is 7.80. The first-order chi connectivity index (χ1) is 12.1. The summed E-state index contributed by atoms with van der Waals surface area (Å²) in [6, 6.07) is 7.92. The van der Waals surface area contributed by atoms with Gasteiger partial charge in [0.25, 0.3) is 0 Å². The Kier molecular flexibility index (Phi) is 5.50. The van der Waals surface area contributed by atoms with Gasteiger partial charge in [0, 0.05) is 38.1 Å². The van der Waals surface area contributed by atoms with E-state index in [0.29, 0.717) is 19.1 Å². The molecule has 6 heteroatoms. The van der Waals surface area contributed by atoms with Crippen molar-refractivity contribution in [2.45, 2.75) is 31.9 Å². The summed E-state index contributed by atoms with van der Waals surface area (Å²) in [6.45, 7) is 4.62. The molecule has 1 aliphatic rings. The monoisotopic (exact) mass is 342 g/mol. The van der Waals surface area contributed by atoms with E-state index in [-0.39, 0.29) is 0 Å². The van der Waals surface area contributed by atoms with Crippen LogP contribution in [0.5, 0.6) is 5.75 Å². The van der Waals surface area contributed by atoms with Gasteiger partial charge >= 0.3 is 0 Å². The van der Waals surface area contributed by atoms with Crippen LogP contribution in [0.15, 0.2) is 36.7 Å². The molecule has 25 heavy (non-hydrogen) atoms. The molecule has 1 aromatic carbocycles. The van der Waals surface area contributed by atoms with Gasteiger partial charge in [-0.15, -0.1) is 0 Å². The fourth-order valence-electron chi connectivity index (χ4n) is 3.21. The minimum Gasteiger partial charge on any atom is -0.491 e. The number of likely N-dealkylation sites (tertiary alicyclic amines) is 1. The Bertz CT molecular complexity index is 692. The highest BCUT2D eigenvalue weighted by molar-refractivity contribution is 5.27. The molecule has 1 saturated heterocycles. The molecule has 2 heterocycles. The van der Waals surface area contributed by atoms with Crippen LogP contribution < -0.4 is 10.1 Å². The lowest BCUT2D eigenvalue weighted by molar-refractivity contribution is -0.0621. The van der Waals surface area contributed by atoms with Crippen molar-refractivity contribution in [2.24, 2.45) is 0 Å². The third-order valence-electron chi connectivity index (χ3n) is 4.47. The Morgan fingerprint density at radius 1 is 1.32 bits per heavy atom. The van der Waals surface area contributed by atoms with Gasteiger partial charge in [-0.2, -0.15) is 0 Å². The number of β-amino-alcohol motifs (C(OH)–C–C–N with tert-alkyl or cyclic N) is 1. The van der Waals surface area contributed by atoms with E-state index in [1.807, 2.05) is 43.6 Å². The number of hydrogen-bond acceptors (Lipinski definition) is 6. The van der Waals surface area contributed by atoms with Crippen molar-refractivity contribution in [1.29, 1.82) is 0 Å². The average Bonchev–Trinajstić information content (AvgIpc) is 2.61. The van der Waals surface area contributed by atoms with Crippen LogP contribution in [-0.2, 0) is 6.54 Å². The Labute approximate surface area is 148 Å². The van der Waals surface area contributed by atoms with Crippen LogP contribution in [0.1, 0.15) is 24.0 Å². The Hall–Kier alpha value is -2.18. The lowest BCUT2D eigenvalue weighted by atomic mass is 9.93. The van der Waals surface area contributed by atoms with Gasteiger partial charge in [-0.05, 0) is 44.0 Å². The fraction of sp³-hybridized carbons (Fsp3) is 0.474. The maximum atomic E-state index is 10.9. The average molecular weight is 342 g/mol. The van der Waals surface area contributed by atoms with Gasteiger partial charge in [0.1, 0.15) is 18.0 Å². The third-order valence-corrected chi connectivity index (χ3v) is 4.47. The van der Waals surface area contributed by atoms with Crippen LogP contribution in [0.4, 0.5) is 5.95 Å². The molecule has 0 radical (unpaired) electrons. The number of piperidine rings is 1.